The molecule has 0 aliphatic carbocycles. The van der Waals surface area contributed by atoms with Gasteiger partial charge in [-0.2, -0.15) is 0 Å². The van der Waals surface area contributed by atoms with E-state index in [1.165, 1.54) is 5.56 Å². The first-order valence-corrected chi connectivity index (χ1v) is 10.8. The van der Waals surface area contributed by atoms with Crippen LogP contribution >= 0.6 is 0 Å². The first kappa shape index (κ1) is 22.0. The van der Waals surface area contributed by atoms with Crippen LogP contribution in [0.15, 0.2) is 36.5 Å². The average molecular weight is 409 g/mol. The third kappa shape index (κ3) is 6.17. The number of amides is 1. The molecule has 2 aromatic rings. The Balaban J connectivity index is 1.49. The maximum absolute atomic E-state index is 12.2. The van der Waals surface area contributed by atoms with Crippen molar-refractivity contribution in [1.29, 1.82) is 0 Å². The van der Waals surface area contributed by atoms with Crippen molar-refractivity contribution in [3.63, 3.8) is 0 Å². The summed E-state index contributed by atoms with van der Waals surface area (Å²) >= 11 is 0. The van der Waals surface area contributed by atoms with Crippen LogP contribution in [0.4, 0.5) is 0 Å². The SMILES string of the molecule is CC(C)NC(=O)[C@H](C)[C@H]1CC[C@@H](C[C@@H](C)n2cc(C#CCc3ccccc3)nn2)O1. The number of aromatic nitrogens is 3. The molecule has 1 aromatic heterocycles. The molecule has 1 aromatic carbocycles. The van der Waals surface area contributed by atoms with E-state index in [0.717, 1.165) is 19.3 Å². The van der Waals surface area contributed by atoms with Gasteiger partial charge in [-0.15, -0.1) is 5.10 Å². The summed E-state index contributed by atoms with van der Waals surface area (Å²) in [4.78, 5) is 12.2. The first-order chi connectivity index (χ1) is 14.4. The Morgan fingerprint density at radius 2 is 2.00 bits per heavy atom. The van der Waals surface area contributed by atoms with Crippen LogP contribution < -0.4 is 5.32 Å². The van der Waals surface area contributed by atoms with E-state index in [-0.39, 0.29) is 36.1 Å². The molecular formula is C24H32N4O2. The lowest BCUT2D eigenvalue weighted by atomic mass is 10.00. The molecule has 1 fully saturated rings. The summed E-state index contributed by atoms with van der Waals surface area (Å²) in [6.07, 6.45) is 5.43. The quantitative estimate of drug-likeness (QED) is 0.712. The van der Waals surface area contributed by atoms with E-state index in [2.05, 4.69) is 46.5 Å². The number of hydrogen-bond donors (Lipinski definition) is 1. The second-order valence-electron chi connectivity index (χ2n) is 8.46. The standard InChI is InChI=1S/C24H32N4O2/c1-17(2)25-24(29)19(4)23-14-13-22(30-23)15-18(3)28-16-21(26-27-28)12-8-11-20-9-6-5-7-10-20/h5-7,9-10,16-19,22-23H,11,13-15H2,1-4H3,(H,25,29)/t18-,19-,22+,23-/m1/s1. The van der Waals surface area contributed by atoms with Gasteiger partial charge in [-0.3, -0.25) is 4.79 Å². The molecule has 1 N–H and O–H groups in total. The van der Waals surface area contributed by atoms with Crippen molar-refractivity contribution >= 4 is 5.91 Å². The summed E-state index contributed by atoms with van der Waals surface area (Å²) in [5.74, 6) is 6.18. The van der Waals surface area contributed by atoms with E-state index in [4.69, 9.17) is 4.74 Å². The molecule has 1 aliphatic heterocycles. The predicted octanol–water partition coefficient (Wildman–Crippen LogP) is 3.53. The number of ether oxygens (including phenoxy) is 1. The van der Waals surface area contributed by atoms with Crippen LogP contribution in [0.5, 0.6) is 0 Å². The lowest BCUT2D eigenvalue weighted by Crippen LogP contribution is -2.39. The van der Waals surface area contributed by atoms with Crippen LogP contribution in [-0.2, 0) is 16.0 Å². The van der Waals surface area contributed by atoms with Crippen molar-refractivity contribution < 1.29 is 9.53 Å². The minimum atomic E-state index is -0.134. The number of carbonyl (C=O) groups excluding carboxylic acids is 1. The van der Waals surface area contributed by atoms with Gasteiger partial charge in [0, 0.05) is 12.5 Å². The monoisotopic (exact) mass is 408 g/mol. The second kappa shape index (κ2) is 10.4. The molecular weight excluding hydrogens is 376 g/mol. The largest absolute Gasteiger partial charge is 0.374 e. The third-order valence-corrected chi connectivity index (χ3v) is 5.46. The third-order valence-electron chi connectivity index (χ3n) is 5.46. The number of carbonyl (C=O) groups is 1. The Kier molecular flexibility index (Phi) is 7.64. The molecule has 1 amide bonds. The van der Waals surface area contributed by atoms with Crippen molar-refractivity contribution in [3.8, 4) is 11.8 Å². The van der Waals surface area contributed by atoms with E-state index < -0.39 is 0 Å². The number of nitrogens with one attached hydrogen (secondary N) is 1. The molecule has 6 heteroatoms. The summed E-state index contributed by atoms with van der Waals surface area (Å²) < 4.78 is 8.05. The fourth-order valence-electron chi connectivity index (χ4n) is 3.73. The molecule has 6 nitrogen and oxygen atoms in total. The molecule has 1 saturated heterocycles. The van der Waals surface area contributed by atoms with Crippen molar-refractivity contribution in [3.05, 3.63) is 47.8 Å². The minimum Gasteiger partial charge on any atom is -0.374 e. The topological polar surface area (TPSA) is 69.0 Å². The lowest BCUT2D eigenvalue weighted by Gasteiger charge is -2.22. The highest BCUT2D eigenvalue weighted by molar-refractivity contribution is 5.79. The smallest absolute Gasteiger partial charge is 0.225 e. The zero-order chi connectivity index (χ0) is 21.5. The zero-order valence-corrected chi connectivity index (χ0v) is 18.3. The van der Waals surface area contributed by atoms with Gasteiger partial charge in [0.05, 0.1) is 30.4 Å². The van der Waals surface area contributed by atoms with Gasteiger partial charge in [0.25, 0.3) is 0 Å². The Hall–Kier alpha value is -2.65. The predicted molar refractivity (Wildman–Crippen MR) is 117 cm³/mol. The second-order valence-corrected chi connectivity index (χ2v) is 8.46. The first-order valence-electron chi connectivity index (χ1n) is 10.8. The molecule has 1 aliphatic rings. The van der Waals surface area contributed by atoms with Crippen molar-refractivity contribution in [2.75, 3.05) is 0 Å². The van der Waals surface area contributed by atoms with Gasteiger partial charge in [-0.1, -0.05) is 48.4 Å². The van der Waals surface area contributed by atoms with Gasteiger partial charge in [-0.05, 0) is 51.5 Å². The Morgan fingerprint density at radius 1 is 1.23 bits per heavy atom. The minimum absolute atomic E-state index is 0.0175. The molecule has 30 heavy (non-hydrogen) atoms. The summed E-state index contributed by atoms with van der Waals surface area (Å²) in [5, 5.41) is 11.4. The fourth-order valence-corrected chi connectivity index (χ4v) is 3.73. The molecule has 0 spiro atoms. The summed E-state index contributed by atoms with van der Waals surface area (Å²) in [5.41, 5.74) is 1.87. The van der Waals surface area contributed by atoms with Crippen LogP contribution in [0.25, 0.3) is 0 Å². The van der Waals surface area contributed by atoms with E-state index in [9.17, 15) is 4.79 Å². The Morgan fingerprint density at radius 3 is 2.73 bits per heavy atom. The molecule has 0 unspecified atom stereocenters. The molecule has 2 heterocycles. The maximum Gasteiger partial charge on any atom is 0.225 e. The molecule has 0 radical (unpaired) electrons. The highest BCUT2D eigenvalue weighted by Crippen LogP contribution is 2.30. The fraction of sp³-hybridized carbons (Fsp3) is 0.542. The van der Waals surface area contributed by atoms with Gasteiger partial charge in [-0.25, -0.2) is 4.68 Å². The highest BCUT2D eigenvalue weighted by atomic mass is 16.5. The highest BCUT2D eigenvalue weighted by Gasteiger charge is 2.34. The van der Waals surface area contributed by atoms with Gasteiger partial charge in [0.2, 0.25) is 5.91 Å². The molecule has 160 valence electrons. The van der Waals surface area contributed by atoms with E-state index >= 15 is 0 Å². The average Bonchev–Trinajstić information content (AvgIpc) is 3.37. The summed E-state index contributed by atoms with van der Waals surface area (Å²) in [6.45, 7) is 8.01. The molecule has 0 saturated carbocycles. The van der Waals surface area contributed by atoms with Gasteiger partial charge in [0.1, 0.15) is 0 Å². The van der Waals surface area contributed by atoms with Crippen LogP contribution in [0.3, 0.4) is 0 Å². The number of hydrogen-bond acceptors (Lipinski definition) is 4. The number of rotatable bonds is 7. The van der Waals surface area contributed by atoms with Crippen LogP contribution in [0.1, 0.15) is 64.3 Å². The van der Waals surface area contributed by atoms with Crippen LogP contribution in [0, 0.1) is 17.8 Å². The number of benzene rings is 1. The normalized spacial score (nSPS) is 20.4. The molecule has 3 rings (SSSR count). The van der Waals surface area contributed by atoms with Crippen LogP contribution in [0.2, 0.25) is 0 Å². The number of nitrogens with zero attached hydrogens (tertiary/aromatic N) is 3. The van der Waals surface area contributed by atoms with Crippen molar-refractivity contribution in [2.24, 2.45) is 5.92 Å². The Bertz CT molecular complexity index is 881. The summed E-state index contributed by atoms with van der Waals surface area (Å²) in [6, 6.07) is 10.5. The lowest BCUT2D eigenvalue weighted by molar-refractivity contribution is -0.129. The van der Waals surface area contributed by atoms with Crippen LogP contribution in [-0.4, -0.2) is 39.2 Å². The van der Waals surface area contributed by atoms with E-state index in [0.29, 0.717) is 12.1 Å². The Labute approximate surface area is 179 Å². The maximum atomic E-state index is 12.2. The molecule has 4 atom stereocenters. The summed E-state index contributed by atoms with van der Waals surface area (Å²) in [7, 11) is 0. The molecule has 0 bridgehead atoms. The van der Waals surface area contributed by atoms with E-state index in [1.807, 2.05) is 49.8 Å². The zero-order valence-electron chi connectivity index (χ0n) is 18.3. The van der Waals surface area contributed by atoms with Crippen molar-refractivity contribution in [1.82, 2.24) is 20.3 Å². The van der Waals surface area contributed by atoms with Gasteiger partial charge < -0.3 is 10.1 Å². The van der Waals surface area contributed by atoms with Gasteiger partial charge >= 0.3 is 0 Å². The van der Waals surface area contributed by atoms with Gasteiger partial charge in [0.15, 0.2) is 5.69 Å². The van der Waals surface area contributed by atoms with E-state index in [1.54, 1.807) is 0 Å². The van der Waals surface area contributed by atoms with Crippen molar-refractivity contribution in [2.45, 2.75) is 77.7 Å².